The molecule has 0 unspecified atom stereocenters. The molecular formula is C15H23N5O2. The maximum Gasteiger partial charge on any atom is 0.239 e. The molecule has 7 heteroatoms. The largest absolute Gasteiger partial charge is 0.337 e. The summed E-state index contributed by atoms with van der Waals surface area (Å²) in [5.41, 5.74) is 0. The number of rotatable bonds is 4. The van der Waals surface area contributed by atoms with E-state index in [4.69, 9.17) is 0 Å². The Kier molecular flexibility index (Phi) is 4.42. The van der Waals surface area contributed by atoms with Crippen LogP contribution in [-0.4, -0.2) is 63.6 Å². The molecule has 2 aliphatic rings. The monoisotopic (exact) mass is 305 g/mol. The summed E-state index contributed by atoms with van der Waals surface area (Å²) in [6.07, 6.45) is 6.49. The molecule has 120 valence electrons. The van der Waals surface area contributed by atoms with Crippen LogP contribution in [0.5, 0.6) is 0 Å². The lowest BCUT2D eigenvalue weighted by Crippen LogP contribution is -2.54. The lowest BCUT2D eigenvalue weighted by atomic mass is 10.1. The number of aromatic nitrogens is 2. The molecule has 1 aliphatic heterocycles. The van der Waals surface area contributed by atoms with Crippen molar-refractivity contribution < 1.29 is 9.59 Å². The van der Waals surface area contributed by atoms with Gasteiger partial charge in [-0.05, 0) is 12.8 Å². The Labute approximate surface area is 130 Å². The molecule has 2 fully saturated rings. The topological polar surface area (TPSA) is 70.5 Å². The molecule has 0 spiro atoms. The second-order valence-corrected chi connectivity index (χ2v) is 6.16. The summed E-state index contributed by atoms with van der Waals surface area (Å²) in [5, 5.41) is 6.87. The summed E-state index contributed by atoms with van der Waals surface area (Å²) in [6.45, 7) is 2.07. The second-order valence-electron chi connectivity index (χ2n) is 6.16. The van der Waals surface area contributed by atoms with Gasteiger partial charge in [0, 0.05) is 38.4 Å². The molecule has 2 heterocycles. The number of carbonyl (C=O) groups excluding carboxylic acids is 2. The van der Waals surface area contributed by atoms with E-state index < -0.39 is 0 Å². The predicted molar refractivity (Wildman–Crippen MR) is 82.2 cm³/mol. The molecule has 1 aliphatic carbocycles. The molecule has 7 nitrogen and oxygen atoms in total. The van der Waals surface area contributed by atoms with Crippen LogP contribution in [-0.2, 0) is 16.6 Å². The fourth-order valence-electron chi connectivity index (χ4n) is 3.34. The van der Waals surface area contributed by atoms with Gasteiger partial charge in [-0.1, -0.05) is 12.8 Å². The fraction of sp³-hybridized carbons (Fsp3) is 0.667. The van der Waals surface area contributed by atoms with Gasteiger partial charge in [0.2, 0.25) is 11.8 Å². The van der Waals surface area contributed by atoms with E-state index >= 15 is 0 Å². The minimum absolute atomic E-state index is 0.124. The third kappa shape index (κ3) is 3.47. The lowest BCUT2D eigenvalue weighted by Gasteiger charge is -2.37. The van der Waals surface area contributed by atoms with E-state index in [0.29, 0.717) is 18.4 Å². The van der Waals surface area contributed by atoms with Gasteiger partial charge in [0.05, 0.1) is 13.1 Å². The molecule has 0 atom stereocenters. The summed E-state index contributed by atoms with van der Waals surface area (Å²) in [4.78, 5) is 28.2. The molecule has 2 amide bonds. The van der Waals surface area contributed by atoms with Gasteiger partial charge in [-0.25, -0.2) is 0 Å². The number of anilines is 1. The Bertz CT molecular complexity index is 550. The SMILES string of the molecule is Cn1ccc(NC(=O)CN2CCN(C3CCCC3)C(=O)C2)n1. The van der Waals surface area contributed by atoms with Crippen LogP contribution in [0.2, 0.25) is 0 Å². The number of nitrogens with one attached hydrogen (secondary N) is 1. The maximum atomic E-state index is 12.3. The van der Waals surface area contributed by atoms with Crippen molar-refractivity contribution in [2.75, 3.05) is 31.5 Å². The molecule has 1 aromatic rings. The van der Waals surface area contributed by atoms with E-state index in [1.807, 2.05) is 9.80 Å². The van der Waals surface area contributed by atoms with Crippen molar-refractivity contribution in [1.82, 2.24) is 19.6 Å². The average molecular weight is 305 g/mol. The third-order valence-corrected chi connectivity index (χ3v) is 4.45. The zero-order valence-electron chi connectivity index (χ0n) is 13.0. The van der Waals surface area contributed by atoms with E-state index in [1.165, 1.54) is 12.8 Å². The van der Waals surface area contributed by atoms with E-state index in [0.717, 1.165) is 25.9 Å². The highest BCUT2D eigenvalue weighted by atomic mass is 16.2. The van der Waals surface area contributed by atoms with Crippen molar-refractivity contribution >= 4 is 17.6 Å². The van der Waals surface area contributed by atoms with Crippen LogP contribution in [0, 0.1) is 0 Å². The van der Waals surface area contributed by atoms with E-state index in [1.54, 1.807) is 24.0 Å². The number of amides is 2. The summed E-state index contributed by atoms with van der Waals surface area (Å²) >= 11 is 0. The Morgan fingerprint density at radius 1 is 1.36 bits per heavy atom. The third-order valence-electron chi connectivity index (χ3n) is 4.45. The Balaban J connectivity index is 1.48. The maximum absolute atomic E-state index is 12.3. The highest BCUT2D eigenvalue weighted by Gasteiger charge is 2.31. The molecular weight excluding hydrogens is 282 g/mol. The van der Waals surface area contributed by atoms with Gasteiger partial charge < -0.3 is 10.2 Å². The van der Waals surface area contributed by atoms with Gasteiger partial charge in [-0.15, -0.1) is 0 Å². The van der Waals surface area contributed by atoms with E-state index in [2.05, 4.69) is 10.4 Å². The van der Waals surface area contributed by atoms with Gasteiger partial charge in [0.1, 0.15) is 0 Å². The minimum atomic E-state index is -0.124. The van der Waals surface area contributed by atoms with Crippen LogP contribution in [0.25, 0.3) is 0 Å². The van der Waals surface area contributed by atoms with Crippen molar-refractivity contribution in [1.29, 1.82) is 0 Å². The number of aryl methyl sites for hydroxylation is 1. The highest BCUT2D eigenvalue weighted by Crippen LogP contribution is 2.24. The molecule has 0 radical (unpaired) electrons. The van der Waals surface area contributed by atoms with Gasteiger partial charge in [0.15, 0.2) is 5.82 Å². The van der Waals surface area contributed by atoms with Gasteiger partial charge >= 0.3 is 0 Å². The summed E-state index contributed by atoms with van der Waals surface area (Å²) in [7, 11) is 1.80. The van der Waals surface area contributed by atoms with Crippen LogP contribution in [0.3, 0.4) is 0 Å². The standard InChI is InChI=1S/C15H23N5O2/c1-18-7-6-13(17-18)16-14(21)10-19-8-9-20(15(22)11-19)12-4-2-3-5-12/h6-7,12H,2-5,8-11H2,1H3,(H,16,17,21). The number of hydrogen-bond acceptors (Lipinski definition) is 4. The lowest BCUT2D eigenvalue weighted by molar-refractivity contribution is -0.139. The van der Waals surface area contributed by atoms with Gasteiger partial charge in [-0.3, -0.25) is 19.2 Å². The second kappa shape index (κ2) is 6.48. The molecule has 1 saturated heterocycles. The number of hydrogen-bond donors (Lipinski definition) is 1. The molecule has 3 rings (SSSR count). The smallest absolute Gasteiger partial charge is 0.239 e. The minimum Gasteiger partial charge on any atom is -0.337 e. The van der Waals surface area contributed by atoms with Crippen molar-refractivity contribution in [3.63, 3.8) is 0 Å². The van der Waals surface area contributed by atoms with E-state index in [9.17, 15) is 9.59 Å². The first kappa shape index (κ1) is 15.0. The number of carbonyl (C=O) groups is 2. The predicted octanol–water partition coefficient (Wildman–Crippen LogP) is 0.445. The molecule has 0 aromatic carbocycles. The average Bonchev–Trinajstić information content (AvgIpc) is 3.11. The normalized spacial score (nSPS) is 20.6. The molecule has 1 aromatic heterocycles. The number of nitrogens with zero attached hydrogens (tertiary/aromatic N) is 4. The van der Waals surface area contributed by atoms with Gasteiger partial charge in [0.25, 0.3) is 0 Å². The van der Waals surface area contributed by atoms with Crippen molar-refractivity contribution in [2.45, 2.75) is 31.7 Å². The van der Waals surface area contributed by atoms with Crippen LogP contribution in [0.15, 0.2) is 12.3 Å². The Morgan fingerprint density at radius 3 is 2.77 bits per heavy atom. The quantitative estimate of drug-likeness (QED) is 0.876. The van der Waals surface area contributed by atoms with Crippen LogP contribution in [0.4, 0.5) is 5.82 Å². The first-order chi connectivity index (χ1) is 10.6. The first-order valence-corrected chi connectivity index (χ1v) is 7.93. The summed E-state index contributed by atoms with van der Waals surface area (Å²) in [6, 6.07) is 2.18. The Hall–Kier alpha value is -1.89. The highest BCUT2D eigenvalue weighted by molar-refractivity contribution is 5.91. The number of piperazine rings is 1. The van der Waals surface area contributed by atoms with Gasteiger partial charge in [-0.2, -0.15) is 5.10 Å². The molecule has 1 saturated carbocycles. The van der Waals surface area contributed by atoms with Crippen molar-refractivity contribution in [3.05, 3.63) is 12.3 Å². The van der Waals surface area contributed by atoms with E-state index in [-0.39, 0.29) is 18.4 Å². The first-order valence-electron chi connectivity index (χ1n) is 7.93. The van der Waals surface area contributed by atoms with Crippen LogP contribution < -0.4 is 5.32 Å². The molecule has 1 N–H and O–H groups in total. The zero-order valence-corrected chi connectivity index (χ0v) is 13.0. The van der Waals surface area contributed by atoms with Crippen molar-refractivity contribution in [3.8, 4) is 0 Å². The zero-order chi connectivity index (χ0) is 15.5. The Morgan fingerprint density at radius 2 is 2.14 bits per heavy atom. The molecule has 22 heavy (non-hydrogen) atoms. The summed E-state index contributed by atoms with van der Waals surface area (Å²) < 4.78 is 1.64. The van der Waals surface area contributed by atoms with Crippen LogP contribution >= 0.6 is 0 Å². The van der Waals surface area contributed by atoms with Crippen LogP contribution in [0.1, 0.15) is 25.7 Å². The summed E-state index contributed by atoms with van der Waals surface area (Å²) in [5.74, 6) is 0.577. The fourth-order valence-corrected chi connectivity index (χ4v) is 3.34. The molecule has 0 bridgehead atoms. The van der Waals surface area contributed by atoms with Crippen molar-refractivity contribution in [2.24, 2.45) is 7.05 Å².